The summed E-state index contributed by atoms with van der Waals surface area (Å²) in [6.07, 6.45) is 0.299. The van der Waals surface area contributed by atoms with Crippen LogP contribution < -0.4 is 5.73 Å². The maximum Gasteiger partial charge on any atom is 0.246 e. The van der Waals surface area contributed by atoms with Crippen LogP contribution in [-0.4, -0.2) is 23.9 Å². The highest BCUT2D eigenvalue weighted by Crippen LogP contribution is 2.21. The van der Waals surface area contributed by atoms with E-state index in [-0.39, 0.29) is 11.9 Å². The zero-order chi connectivity index (χ0) is 13.8. The summed E-state index contributed by atoms with van der Waals surface area (Å²) in [6.45, 7) is 3.53. The Kier molecular flexibility index (Phi) is 4.46. The van der Waals surface area contributed by atoms with Crippen LogP contribution in [0.15, 0.2) is 30.3 Å². The van der Waals surface area contributed by atoms with E-state index in [1.807, 2.05) is 37.3 Å². The van der Waals surface area contributed by atoms with Crippen LogP contribution in [-0.2, 0) is 10.3 Å². The summed E-state index contributed by atoms with van der Waals surface area (Å²) in [6, 6.07) is 11.2. The van der Waals surface area contributed by atoms with Gasteiger partial charge in [-0.05, 0) is 19.4 Å². The van der Waals surface area contributed by atoms with E-state index in [2.05, 4.69) is 6.07 Å². The molecular weight excluding hydrogens is 226 g/mol. The first-order valence-electron chi connectivity index (χ1n) is 5.90. The molecule has 0 aliphatic carbocycles. The fourth-order valence-electron chi connectivity index (χ4n) is 1.74. The third-order valence-corrected chi connectivity index (χ3v) is 3.19. The van der Waals surface area contributed by atoms with E-state index in [9.17, 15) is 4.79 Å². The van der Waals surface area contributed by atoms with Gasteiger partial charge in [-0.3, -0.25) is 4.79 Å². The van der Waals surface area contributed by atoms with Crippen LogP contribution in [0.5, 0.6) is 0 Å². The molecule has 1 amide bonds. The van der Waals surface area contributed by atoms with Crippen LogP contribution in [0.3, 0.4) is 0 Å². The van der Waals surface area contributed by atoms with Crippen LogP contribution >= 0.6 is 0 Å². The van der Waals surface area contributed by atoms with Crippen molar-refractivity contribution < 1.29 is 4.79 Å². The Hall–Kier alpha value is -1.86. The molecule has 4 nitrogen and oxygen atoms in total. The normalized spacial score (nSPS) is 15.3. The Balaban J connectivity index is 2.93. The Morgan fingerprint density at radius 1 is 1.50 bits per heavy atom. The minimum atomic E-state index is -1.07. The van der Waals surface area contributed by atoms with Crippen molar-refractivity contribution in [3.05, 3.63) is 35.9 Å². The van der Waals surface area contributed by atoms with Gasteiger partial charge in [-0.25, -0.2) is 0 Å². The lowest BCUT2D eigenvalue weighted by molar-refractivity contribution is -0.137. The number of hydrogen-bond acceptors (Lipinski definition) is 3. The van der Waals surface area contributed by atoms with Gasteiger partial charge in [0.25, 0.3) is 0 Å². The number of carbonyl (C=O) groups excluding carboxylic acids is 1. The number of nitrogens with zero attached hydrogens (tertiary/aromatic N) is 2. The van der Waals surface area contributed by atoms with Crippen molar-refractivity contribution in [2.75, 3.05) is 7.05 Å². The highest BCUT2D eigenvalue weighted by molar-refractivity contribution is 5.87. The molecule has 4 heteroatoms. The monoisotopic (exact) mass is 245 g/mol. The van der Waals surface area contributed by atoms with Gasteiger partial charge in [0, 0.05) is 13.1 Å². The summed E-state index contributed by atoms with van der Waals surface area (Å²) in [5.41, 5.74) is 5.84. The van der Waals surface area contributed by atoms with Gasteiger partial charge in [0.05, 0.1) is 12.5 Å². The molecule has 0 aliphatic rings. The fourth-order valence-corrected chi connectivity index (χ4v) is 1.74. The molecule has 0 aliphatic heterocycles. The quantitative estimate of drug-likeness (QED) is 0.876. The van der Waals surface area contributed by atoms with E-state index in [4.69, 9.17) is 11.0 Å². The van der Waals surface area contributed by atoms with E-state index in [0.717, 1.165) is 5.56 Å². The Morgan fingerprint density at radius 2 is 2.06 bits per heavy atom. The summed E-state index contributed by atoms with van der Waals surface area (Å²) in [4.78, 5) is 13.9. The molecule has 96 valence electrons. The molecule has 18 heavy (non-hydrogen) atoms. The minimum absolute atomic E-state index is 0.144. The predicted molar refractivity (Wildman–Crippen MR) is 70.4 cm³/mol. The summed E-state index contributed by atoms with van der Waals surface area (Å²) in [7, 11) is 1.68. The second-order valence-corrected chi connectivity index (χ2v) is 4.70. The van der Waals surface area contributed by atoms with E-state index < -0.39 is 5.54 Å². The Labute approximate surface area is 108 Å². The maximum atomic E-state index is 12.4. The lowest BCUT2D eigenvalue weighted by Gasteiger charge is -2.32. The summed E-state index contributed by atoms with van der Waals surface area (Å²) in [5, 5.41) is 8.67. The van der Waals surface area contributed by atoms with Gasteiger partial charge in [0.15, 0.2) is 0 Å². The lowest BCUT2D eigenvalue weighted by atomic mass is 9.91. The standard InChI is InChI=1S/C14H19N3O/c1-11(9-10-15)17(3)13(18)14(2,16)12-7-5-4-6-8-12/h4-8,11H,9,16H2,1-3H3. The SMILES string of the molecule is CC(CC#N)N(C)C(=O)C(C)(N)c1ccccc1. The zero-order valence-corrected chi connectivity index (χ0v) is 11.1. The molecule has 1 rings (SSSR count). The number of benzene rings is 1. The van der Waals surface area contributed by atoms with Crippen LogP contribution in [0.4, 0.5) is 0 Å². The van der Waals surface area contributed by atoms with Crippen molar-refractivity contribution in [2.24, 2.45) is 5.73 Å². The second kappa shape index (κ2) is 5.65. The molecule has 0 heterocycles. The van der Waals surface area contributed by atoms with Gasteiger partial charge < -0.3 is 10.6 Å². The molecule has 1 aromatic rings. The number of rotatable bonds is 4. The largest absolute Gasteiger partial charge is 0.340 e. The molecule has 0 radical (unpaired) electrons. The molecule has 1 aromatic carbocycles. The van der Waals surface area contributed by atoms with Crippen molar-refractivity contribution >= 4 is 5.91 Å². The topological polar surface area (TPSA) is 70.1 Å². The number of carbonyl (C=O) groups is 1. The van der Waals surface area contributed by atoms with Crippen molar-refractivity contribution in [1.29, 1.82) is 5.26 Å². The van der Waals surface area contributed by atoms with E-state index >= 15 is 0 Å². The number of nitriles is 1. The highest BCUT2D eigenvalue weighted by atomic mass is 16.2. The van der Waals surface area contributed by atoms with Gasteiger partial charge in [-0.1, -0.05) is 30.3 Å². The van der Waals surface area contributed by atoms with Gasteiger partial charge in [0.2, 0.25) is 5.91 Å². The predicted octanol–water partition coefficient (Wildman–Crippen LogP) is 1.62. The fraction of sp³-hybridized carbons (Fsp3) is 0.429. The molecule has 0 aromatic heterocycles. The second-order valence-electron chi connectivity index (χ2n) is 4.70. The molecule has 2 unspecified atom stereocenters. The van der Waals surface area contributed by atoms with Gasteiger partial charge in [0.1, 0.15) is 5.54 Å². The third-order valence-electron chi connectivity index (χ3n) is 3.19. The smallest absolute Gasteiger partial charge is 0.246 e. The molecular formula is C14H19N3O. The highest BCUT2D eigenvalue weighted by Gasteiger charge is 2.34. The Morgan fingerprint density at radius 3 is 2.56 bits per heavy atom. The third kappa shape index (κ3) is 2.88. The van der Waals surface area contributed by atoms with Crippen molar-refractivity contribution in [3.63, 3.8) is 0 Å². The Bertz CT molecular complexity index is 448. The van der Waals surface area contributed by atoms with Gasteiger partial charge in [-0.15, -0.1) is 0 Å². The summed E-state index contributed by atoms with van der Waals surface area (Å²) < 4.78 is 0. The van der Waals surface area contributed by atoms with Crippen LogP contribution in [0.25, 0.3) is 0 Å². The van der Waals surface area contributed by atoms with Gasteiger partial charge >= 0.3 is 0 Å². The average molecular weight is 245 g/mol. The van der Waals surface area contributed by atoms with Crippen molar-refractivity contribution in [1.82, 2.24) is 4.90 Å². The molecule has 2 atom stereocenters. The lowest BCUT2D eigenvalue weighted by Crippen LogP contribution is -2.52. The molecule has 0 saturated heterocycles. The number of amides is 1. The van der Waals surface area contributed by atoms with E-state index in [0.29, 0.717) is 6.42 Å². The summed E-state index contributed by atoms with van der Waals surface area (Å²) in [5.74, 6) is -0.184. The first-order valence-corrected chi connectivity index (χ1v) is 5.90. The number of likely N-dealkylation sites (N-methyl/N-ethyl adjacent to an activating group) is 1. The molecule has 0 saturated carbocycles. The van der Waals surface area contributed by atoms with Crippen LogP contribution in [0, 0.1) is 11.3 Å². The van der Waals surface area contributed by atoms with Crippen LogP contribution in [0.1, 0.15) is 25.8 Å². The zero-order valence-electron chi connectivity index (χ0n) is 11.1. The van der Waals surface area contributed by atoms with Crippen molar-refractivity contribution in [3.8, 4) is 6.07 Å². The molecule has 0 fully saturated rings. The van der Waals surface area contributed by atoms with Crippen molar-refractivity contribution in [2.45, 2.75) is 31.8 Å². The maximum absolute atomic E-state index is 12.4. The first-order chi connectivity index (χ1) is 8.41. The molecule has 0 bridgehead atoms. The van der Waals surface area contributed by atoms with E-state index in [1.54, 1.807) is 14.0 Å². The van der Waals surface area contributed by atoms with Gasteiger partial charge in [-0.2, -0.15) is 5.26 Å². The minimum Gasteiger partial charge on any atom is -0.340 e. The average Bonchev–Trinajstić information content (AvgIpc) is 2.38. The van der Waals surface area contributed by atoms with Crippen LogP contribution in [0.2, 0.25) is 0 Å². The number of hydrogen-bond donors (Lipinski definition) is 1. The first kappa shape index (κ1) is 14.2. The molecule has 0 spiro atoms. The molecule has 2 N–H and O–H groups in total. The summed E-state index contributed by atoms with van der Waals surface area (Å²) >= 11 is 0. The van der Waals surface area contributed by atoms with E-state index in [1.165, 1.54) is 4.90 Å². The number of nitrogens with two attached hydrogens (primary N) is 1.